The van der Waals surface area contributed by atoms with Gasteiger partial charge in [0, 0.05) is 15.4 Å². The molecular formula is C17H14BrN3OS. The van der Waals surface area contributed by atoms with Gasteiger partial charge in [0.15, 0.2) is 0 Å². The number of rotatable bonds is 5. The summed E-state index contributed by atoms with van der Waals surface area (Å²) in [6.45, 7) is 1.95. The van der Waals surface area contributed by atoms with E-state index in [0.717, 1.165) is 32.4 Å². The normalized spacial score (nSPS) is 10.9. The van der Waals surface area contributed by atoms with E-state index in [-0.39, 0.29) is 0 Å². The number of ether oxygens (including phenoxy) is 1. The highest BCUT2D eigenvalue weighted by Gasteiger charge is 2.03. The lowest BCUT2D eigenvalue weighted by Gasteiger charge is -2.08. The van der Waals surface area contributed by atoms with E-state index >= 15 is 0 Å². The Morgan fingerprint density at radius 3 is 2.70 bits per heavy atom. The molecule has 0 saturated carbocycles. The molecule has 3 aromatic rings. The third-order valence-electron chi connectivity index (χ3n) is 2.94. The van der Waals surface area contributed by atoms with Crippen molar-refractivity contribution in [1.29, 1.82) is 0 Å². The fraction of sp³-hybridized carbons (Fsp3) is 0.0588. The molecule has 0 aliphatic heterocycles. The molecule has 0 aliphatic carbocycles. The Morgan fingerprint density at radius 2 is 1.96 bits per heavy atom. The highest BCUT2D eigenvalue weighted by molar-refractivity contribution is 9.10. The molecule has 0 spiro atoms. The Kier molecular flexibility index (Phi) is 5.05. The summed E-state index contributed by atoms with van der Waals surface area (Å²) in [6.07, 6.45) is 1.73. The molecule has 23 heavy (non-hydrogen) atoms. The van der Waals surface area contributed by atoms with Crippen molar-refractivity contribution in [2.75, 3.05) is 5.43 Å². The average molecular weight is 388 g/mol. The van der Waals surface area contributed by atoms with Crippen molar-refractivity contribution in [1.82, 2.24) is 4.98 Å². The first-order valence-corrected chi connectivity index (χ1v) is 8.61. The first-order valence-electron chi connectivity index (χ1n) is 6.94. The molecule has 0 amide bonds. The number of hydrazone groups is 1. The molecule has 0 bridgehead atoms. The van der Waals surface area contributed by atoms with Crippen LogP contribution < -0.4 is 10.2 Å². The largest absolute Gasteiger partial charge is 0.457 e. The minimum atomic E-state index is 0.746. The summed E-state index contributed by atoms with van der Waals surface area (Å²) in [5.41, 5.74) is 4.79. The molecule has 0 saturated heterocycles. The number of halogens is 1. The Labute approximate surface area is 147 Å². The zero-order valence-electron chi connectivity index (χ0n) is 12.4. The molecule has 1 aromatic heterocycles. The highest BCUT2D eigenvalue weighted by Crippen LogP contribution is 2.25. The maximum absolute atomic E-state index is 5.92. The lowest BCUT2D eigenvalue weighted by molar-refractivity contribution is 0.482. The summed E-state index contributed by atoms with van der Waals surface area (Å²) < 4.78 is 6.93. The van der Waals surface area contributed by atoms with Gasteiger partial charge in [-0.2, -0.15) is 5.10 Å². The van der Waals surface area contributed by atoms with E-state index in [1.165, 1.54) is 11.3 Å². The van der Waals surface area contributed by atoms with Gasteiger partial charge in [-0.15, -0.1) is 11.3 Å². The molecule has 0 radical (unpaired) electrons. The number of hydrogen-bond acceptors (Lipinski definition) is 5. The SMILES string of the molecule is Cc1csc(NN=Cc2ccccc2Oc2ccc(Br)cc2)n1. The molecule has 2 aromatic carbocycles. The average Bonchev–Trinajstić information content (AvgIpc) is 2.97. The summed E-state index contributed by atoms with van der Waals surface area (Å²) >= 11 is 4.93. The van der Waals surface area contributed by atoms with Gasteiger partial charge in [-0.3, -0.25) is 5.43 Å². The molecule has 0 unspecified atom stereocenters. The highest BCUT2D eigenvalue weighted by atomic mass is 79.9. The van der Waals surface area contributed by atoms with Gasteiger partial charge in [0.1, 0.15) is 11.5 Å². The van der Waals surface area contributed by atoms with Gasteiger partial charge >= 0.3 is 0 Å². The number of aryl methyl sites for hydroxylation is 1. The van der Waals surface area contributed by atoms with Gasteiger partial charge in [0.25, 0.3) is 0 Å². The lowest BCUT2D eigenvalue weighted by Crippen LogP contribution is -1.93. The number of aromatic nitrogens is 1. The van der Waals surface area contributed by atoms with E-state index < -0.39 is 0 Å². The van der Waals surface area contributed by atoms with Crippen molar-refractivity contribution in [3.8, 4) is 11.5 Å². The molecule has 1 N–H and O–H groups in total. The van der Waals surface area contributed by atoms with Crippen molar-refractivity contribution >= 4 is 38.6 Å². The number of thiazole rings is 1. The zero-order chi connectivity index (χ0) is 16.1. The third kappa shape index (κ3) is 4.40. The lowest BCUT2D eigenvalue weighted by atomic mass is 10.2. The second-order valence-electron chi connectivity index (χ2n) is 4.76. The molecule has 3 rings (SSSR count). The predicted octanol–water partition coefficient (Wildman–Crippen LogP) is 5.45. The van der Waals surface area contributed by atoms with Gasteiger partial charge in [-0.25, -0.2) is 4.98 Å². The van der Waals surface area contributed by atoms with E-state index in [2.05, 4.69) is 31.4 Å². The summed E-state index contributed by atoms with van der Waals surface area (Å²) in [5, 5.41) is 6.97. The molecule has 116 valence electrons. The standard InChI is InChI=1S/C17H14BrN3OS/c1-12-11-23-17(20-12)21-19-10-13-4-2-3-5-16(13)22-15-8-6-14(18)7-9-15/h2-11H,1H3,(H,20,21). The third-order valence-corrected chi connectivity index (χ3v) is 4.34. The molecule has 0 aliphatic rings. The first-order chi connectivity index (χ1) is 11.2. The van der Waals surface area contributed by atoms with Gasteiger partial charge in [0.05, 0.1) is 11.9 Å². The van der Waals surface area contributed by atoms with Crippen molar-refractivity contribution in [2.24, 2.45) is 5.10 Å². The van der Waals surface area contributed by atoms with Gasteiger partial charge < -0.3 is 4.74 Å². The number of anilines is 1. The van der Waals surface area contributed by atoms with Crippen LogP contribution in [0, 0.1) is 6.92 Å². The number of nitrogens with one attached hydrogen (secondary N) is 1. The Bertz CT molecular complexity index is 815. The van der Waals surface area contributed by atoms with Gasteiger partial charge in [-0.1, -0.05) is 28.1 Å². The van der Waals surface area contributed by atoms with Crippen LogP contribution in [0.3, 0.4) is 0 Å². The summed E-state index contributed by atoms with van der Waals surface area (Å²) in [5.74, 6) is 1.52. The summed E-state index contributed by atoms with van der Waals surface area (Å²) in [4.78, 5) is 4.30. The van der Waals surface area contributed by atoms with Crippen LogP contribution in [0.4, 0.5) is 5.13 Å². The van der Waals surface area contributed by atoms with Crippen LogP contribution >= 0.6 is 27.3 Å². The van der Waals surface area contributed by atoms with E-state index in [1.54, 1.807) is 6.21 Å². The molecular weight excluding hydrogens is 374 g/mol. The topological polar surface area (TPSA) is 46.5 Å². The van der Waals surface area contributed by atoms with Crippen LogP contribution in [0.5, 0.6) is 11.5 Å². The second kappa shape index (κ2) is 7.39. The monoisotopic (exact) mass is 387 g/mol. The van der Waals surface area contributed by atoms with E-state index in [0.29, 0.717) is 0 Å². The molecule has 0 fully saturated rings. The summed E-state index contributed by atoms with van der Waals surface area (Å²) in [6, 6.07) is 15.5. The van der Waals surface area contributed by atoms with Crippen LogP contribution in [0.15, 0.2) is 63.5 Å². The fourth-order valence-corrected chi connectivity index (χ4v) is 2.77. The fourth-order valence-electron chi connectivity index (χ4n) is 1.87. The quantitative estimate of drug-likeness (QED) is 0.467. The van der Waals surface area contributed by atoms with E-state index in [4.69, 9.17) is 4.74 Å². The number of benzene rings is 2. The van der Waals surface area contributed by atoms with Gasteiger partial charge in [-0.05, 0) is 43.3 Å². The number of hydrogen-bond donors (Lipinski definition) is 1. The summed E-state index contributed by atoms with van der Waals surface area (Å²) in [7, 11) is 0. The second-order valence-corrected chi connectivity index (χ2v) is 6.53. The van der Waals surface area contributed by atoms with Crippen LogP contribution in [0.2, 0.25) is 0 Å². The van der Waals surface area contributed by atoms with Crippen LogP contribution in [-0.2, 0) is 0 Å². The molecule has 6 heteroatoms. The van der Waals surface area contributed by atoms with Crippen LogP contribution in [0.25, 0.3) is 0 Å². The molecule has 4 nitrogen and oxygen atoms in total. The Morgan fingerprint density at radius 1 is 1.17 bits per heavy atom. The molecule has 1 heterocycles. The predicted molar refractivity (Wildman–Crippen MR) is 98.7 cm³/mol. The first kappa shape index (κ1) is 15.7. The molecule has 0 atom stereocenters. The Balaban J connectivity index is 1.73. The number of nitrogens with zero attached hydrogens (tertiary/aromatic N) is 2. The minimum absolute atomic E-state index is 0.746. The van der Waals surface area contributed by atoms with Gasteiger partial charge in [0.2, 0.25) is 5.13 Å². The maximum atomic E-state index is 5.92. The minimum Gasteiger partial charge on any atom is -0.457 e. The van der Waals surface area contributed by atoms with E-state index in [9.17, 15) is 0 Å². The van der Waals surface area contributed by atoms with Crippen molar-refractivity contribution < 1.29 is 4.74 Å². The number of para-hydroxylation sites is 1. The smallest absolute Gasteiger partial charge is 0.203 e. The maximum Gasteiger partial charge on any atom is 0.203 e. The van der Waals surface area contributed by atoms with Crippen LogP contribution in [-0.4, -0.2) is 11.2 Å². The Hall–Kier alpha value is -2.18. The van der Waals surface area contributed by atoms with Crippen molar-refractivity contribution in [3.63, 3.8) is 0 Å². The van der Waals surface area contributed by atoms with E-state index in [1.807, 2.05) is 60.8 Å². The zero-order valence-corrected chi connectivity index (χ0v) is 14.8. The van der Waals surface area contributed by atoms with Crippen LogP contribution in [0.1, 0.15) is 11.3 Å². The van der Waals surface area contributed by atoms with Crippen molar-refractivity contribution in [3.05, 3.63) is 69.6 Å². The van der Waals surface area contributed by atoms with Crippen molar-refractivity contribution in [2.45, 2.75) is 6.92 Å².